The van der Waals surface area contributed by atoms with E-state index >= 15 is 0 Å². The molecule has 0 bridgehead atoms. The number of nitrogens with one attached hydrogen (secondary N) is 1. The average molecular weight is 575 g/mol. The van der Waals surface area contributed by atoms with Gasteiger partial charge in [-0.1, -0.05) is 49.0 Å². The van der Waals surface area contributed by atoms with Gasteiger partial charge < -0.3 is 29.2 Å². The minimum atomic E-state index is -0.0520. The Kier molecular flexibility index (Phi) is 10.3. The van der Waals surface area contributed by atoms with Crippen molar-refractivity contribution >= 4 is 29.3 Å². The normalized spacial score (nSPS) is 10.6. The number of aromatic nitrogens is 2. The van der Waals surface area contributed by atoms with Gasteiger partial charge in [-0.2, -0.15) is 9.97 Å². The SMILES string of the molecule is CCC(=O)Nc1cccc(Sc2c(OC)nc(N(Cc3ccc(OC)cc3)Cc3ccc(OC)cc3)nc2OC)c1. The van der Waals surface area contributed by atoms with Gasteiger partial charge in [-0.3, -0.25) is 4.79 Å². The first kappa shape index (κ1) is 29.5. The molecule has 3 aromatic carbocycles. The molecular formula is C31H34N4O5S. The third kappa shape index (κ3) is 7.82. The summed E-state index contributed by atoms with van der Waals surface area (Å²) in [6.07, 6.45) is 0.401. The molecule has 4 rings (SSSR count). The molecular weight excluding hydrogens is 540 g/mol. The Hall–Kier alpha value is -4.44. The molecule has 9 nitrogen and oxygen atoms in total. The maximum absolute atomic E-state index is 11.9. The number of benzene rings is 3. The van der Waals surface area contributed by atoms with Gasteiger partial charge in [0.1, 0.15) is 16.4 Å². The molecule has 1 aromatic heterocycles. The standard InChI is InChI=1S/C31H34N4O5S/c1-6-27(36)32-23-8-7-9-26(18-23)41-28-29(39-4)33-31(34-30(28)40-5)35(19-21-10-14-24(37-2)15-11-21)20-22-12-16-25(38-3)17-13-22/h7-18H,6,19-20H2,1-5H3,(H,32,36). The molecule has 0 fully saturated rings. The van der Waals surface area contributed by atoms with Crippen molar-refractivity contribution in [2.75, 3.05) is 38.7 Å². The second-order valence-electron chi connectivity index (χ2n) is 8.96. The molecule has 0 unspecified atom stereocenters. The Labute approximate surface area is 244 Å². The highest BCUT2D eigenvalue weighted by atomic mass is 32.2. The van der Waals surface area contributed by atoms with E-state index in [-0.39, 0.29) is 5.91 Å². The molecule has 0 radical (unpaired) electrons. The molecule has 0 aliphatic rings. The number of hydrogen-bond donors (Lipinski definition) is 1. The van der Waals surface area contributed by atoms with Crippen LogP contribution in [0.1, 0.15) is 24.5 Å². The first-order valence-corrected chi connectivity index (χ1v) is 13.9. The summed E-state index contributed by atoms with van der Waals surface area (Å²) in [5, 5.41) is 2.89. The van der Waals surface area contributed by atoms with Crippen LogP contribution in [0, 0.1) is 0 Å². The molecule has 0 saturated carbocycles. The smallest absolute Gasteiger partial charge is 0.236 e. The lowest BCUT2D eigenvalue weighted by atomic mass is 10.1. The van der Waals surface area contributed by atoms with Crippen LogP contribution in [-0.2, 0) is 17.9 Å². The summed E-state index contributed by atoms with van der Waals surface area (Å²) in [7, 11) is 6.44. The van der Waals surface area contributed by atoms with E-state index in [1.54, 1.807) is 28.4 Å². The van der Waals surface area contributed by atoms with Crippen LogP contribution >= 0.6 is 11.8 Å². The molecule has 0 atom stereocenters. The molecule has 0 aliphatic carbocycles. The molecule has 0 aliphatic heterocycles. The Morgan fingerprint density at radius 2 is 1.32 bits per heavy atom. The molecule has 10 heteroatoms. The molecule has 1 heterocycles. The van der Waals surface area contributed by atoms with Gasteiger partial charge in [-0.15, -0.1) is 0 Å². The quantitative estimate of drug-likeness (QED) is 0.200. The van der Waals surface area contributed by atoms with Crippen molar-refractivity contribution in [3.8, 4) is 23.3 Å². The van der Waals surface area contributed by atoms with Gasteiger partial charge in [0.25, 0.3) is 0 Å². The first-order chi connectivity index (χ1) is 20.0. The predicted octanol–water partition coefficient (Wildman–Crippen LogP) is 6.22. The maximum atomic E-state index is 11.9. The maximum Gasteiger partial charge on any atom is 0.236 e. The molecule has 214 valence electrons. The van der Waals surface area contributed by atoms with Crippen molar-refractivity contribution in [3.05, 3.63) is 83.9 Å². The van der Waals surface area contributed by atoms with Gasteiger partial charge in [0, 0.05) is 30.1 Å². The second kappa shape index (κ2) is 14.3. The van der Waals surface area contributed by atoms with E-state index in [0.717, 1.165) is 27.5 Å². The number of ether oxygens (including phenoxy) is 4. The number of nitrogens with zero attached hydrogens (tertiary/aromatic N) is 3. The highest BCUT2D eigenvalue weighted by Crippen LogP contribution is 2.41. The van der Waals surface area contributed by atoms with Crippen molar-refractivity contribution in [1.29, 1.82) is 0 Å². The van der Waals surface area contributed by atoms with Gasteiger partial charge in [-0.05, 0) is 53.6 Å². The van der Waals surface area contributed by atoms with Crippen molar-refractivity contribution in [2.24, 2.45) is 0 Å². The molecule has 0 spiro atoms. The Balaban J connectivity index is 1.69. The number of amides is 1. The number of carbonyl (C=O) groups excluding carboxylic acids is 1. The Morgan fingerprint density at radius 1 is 0.780 bits per heavy atom. The predicted molar refractivity (Wildman–Crippen MR) is 160 cm³/mol. The number of anilines is 2. The van der Waals surface area contributed by atoms with Gasteiger partial charge in [0.05, 0.1) is 28.4 Å². The highest BCUT2D eigenvalue weighted by molar-refractivity contribution is 7.99. The number of carbonyl (C=O) groups is 1. The second-order valence-corrected chi connectivity index (χ2v) is 10.0. The lowest BCUT2D eigenvalue weighted by molar-refractivity contribution is -0.115. The molecule has 1 N–H and O–H groups in total. The first-order valence-electron chi connectivity index (χ1n) is 13.0. The molecule has 1 amide bonds. The van der Waals surface area contributed by atoms with E-state index < -0.39 is 0 Å². The van der Waals surface area contributed by atoms with E-state index in [0.29, 0.717) is 47.8 Å². The van der Waals surface area contributed by atoms with E-state index in [9.17, 15) is 4.79 Å². The van der Waals surface area contributed by atoms with Crippen molar-refractivity contribution in [1.82, 2.24) is 9.97 Å². The summed E-state index contributed by atoms with van der Waals surface area (Å²) in [5.41, 5.74) is 2.83. The number of hydrogen-bond acceptors (Lipinski definition) is 9. The van der Waals surface area contributed by atoms with Gasteiger partial charge in [0.2, 0.25) is 23.6 Å². The van der Waals surface area contributed by atoms with Crippen molar-refractivity contribution in [3.63, 3.8) is 0 Å². The van der Waals surface area contributed by atoms with Gasteiger partial charge >= 0.3 is 0 Å². The van der Waals surface area contributed by atoms with Crippen LogP contribution < -0.4 is 29.2 Å². The van der Waals surface area contributed by atoms with E-state index in [4.69, 9.17) is 28.9 Å². The summed E-state index contributed by atoms with van der Waals surface area (Å²) in [4.78, 5) is 25.1. The fraction of sp³-hybridized carbons (Fsp3) is 0.258. The zero-order valence-electron chi connectivity index (χ0n) is 23.8. The van der Waals surface area contributed by atoms with Crippen LogP contribution in [0.4, 0.5) is 11.6 Å². The monoisotopic (exact) mass is 574 g/mol. The average Bonchev–Trinajstić information content (AvgIpc) is 3.01. The lowest BCUT2D eigenvalue weighted by Crippen LogP contribution is -2.24. The summed E-state index contributed by atoms with van der Waals surface area (Å²) in [6, 6.07) is 23.4. The van der Waals surface area contributed by atoms with E-state index in [1.165, 1.54) is 11.8 Å². The van der Waals surface area contributed by atoms with Crippen molar-refractivity contribution in [2.45, 2.75) is 36.2 Å². The highest BCUT2D eigenvalue weighted by Gasteiger charge is 2.22. The summed E-state index contributed by atoms with van der Waals surface area (Å²) in [6.45, 7) is 2.89. The minimum Gasteiger partial charge on any atom is -0.497 e. The topological polar surface area (TPSA) is 95.0 Å². The zero-order valence-corrected chi connectivity index (χ0v) is 24.7. The molecule has 41 heavy (non-hydrogen) atoms. The van der Waals surface area contributed by atoms with Crippen LogP contribution in [0.25, 0.3) is 0 Å². The Morgan fingerprint density at radius 3 is 1.78 bits per heavy atom. The van der Waals surface area contributed by atoms with E-state index in [2.05, 4.69) is 10.2 Å². The molecule has 0 saturated heterocycles. The van der Waals surface area contributed by atoms with Gasteiger partial charge in [-0.25, -0.2) is 0 Å². The van der Waals surface area contributed by atoms with Crippen LogP contribution in [0.2, 0.25) is 0 Å². The van der Waals surface area contributed by atoms with Crippen LogP contribution in [0.15, 0.2) is 82.6 Å². The fourth-order valence-electron chi connectivity index (χ4n) is 4.01. The Bertz CT molecular complexity index is 1370. The van der Waals surface area contributed by atoms with Crippen molar-refractivity contribution < 1.29 is 23.7 Å². The van der Waals surface area contributed by atoms with Crippen LogP contribution in [-0.4, -0.2) is 44.3 Å². The number of methoxy groups -OCH3 is 4. The third-order valence-electron chi connectivity index (χ3n) is 6.18. The van der Waals surface area contributed by atoms with E-state index in [1.807, 2.05) is 79.7 Å². The van der Waals surface area contributed by atoms with Crippen LogP contribution in [0.3, 0.4) is 0 Å². The summed E-state index contributed by atoms with van der Waals surface area (Å²) < 4.78 is 22.1. The summed E-state index contributed by atoms with van der Waals surface area (Å²) >= 11 is 1.40. The minimum absolute atomic E-state index is 0.0520. The third-order valence-corrected chi connectivity index (χ3v) is 7.23. The number of rotatable bonds is 13. The van der Waals surface area contributed by atoms with Gasteiger partial charge in [0.15, 0.2) is 0 Å². The fourth-order valence-corrected chi connectivity index (χ4v) is 5.01. The zero-order chi connectivity index (χ0) is 29.2. The lowest BCUT2D eigenvalue weighted by Gasteiger charge is -2.25. The molecule has 4 aromatic rings. The largest absolute Gasteiger partial charge is 0.497 e. The van der Waals surface area contributed by atoms with Crippen LogP contribution in [0.5, 0.6) is 23.3 Å². The summed E-state index contributed by atoms with van der Waals surface area (Å²) in [5.74, 6) is 2.75.